The van der Waals surface area contributed by atoms with Gasteiger partial charge in [-0.2, -0.15) is 0 Å². The number of aromatic hydroxyl groups is 1. The fourth-order valence-corrected chi connectivity index (χ4v) is 1.53. The summed E-state index contributed by atoms with van der Waals surface area (Å²) >= 11 is 0. The zero-order chi connectivity index (χ0) is 13.1. The number of nitrogens with zero attached hydrogens (tertiary/aromatic N) is 3. The predicted octanol–water partition coefficient (Wildman–Crippen LogP) is 1.56. The highest BCUT2D eigenvalue weighted by Gasteiger charge is 2.10. The third-order valence-corrected chi connectivity index (χ3v) is 2.33. The van der Waals surface area contributed by atoms with Crippen LogP contribution in [0.25, 0.3) is 11.3 Å². The van der Waals surface area contributed by atoms with Crippen LogP contribution in [0.3, 0.4) is 0 Å². The summed E-state index contributed by atoms with van der Waals surface area (Å²) in [6.07, 6.45) is 1.51. The highest BCUT2D eigenvalue weighted by atomic mass is 16.8. The topological polar surface area (TPSA) is 102 Å². The third-order valence-electron chi connectivity index (χ3n) is 2.33. The number of phenols is 1. The Kier molecular flexibility index (Phi) is 3.38. The Bertz CT molecular complexity index is 560. The lowest BCUT2D eigenvalue weighted by molar-refractivity contribution is -0.288. The van der Waals surface area contributed by atoms with Crippen molar-refractivity contribution in [1.82, 2.24) is 15.3 Å². The molecule has 0 saturated heterocycles. The van der Waals surface area contributed by atoms with Crippen LogP contribution in [-0.4, -0.2) is 30.8 Å². The molecular weight excluding hydrogens is 236 g/mol. The van der Waals surface area contributed by atoms with E-state index in [9.17, 15) is 5.11 Å². The Labute approximate surface area is 103 Å². The summed E-state index contributed by atoms with van der Waals surface area (Å²) in [4.78, 5) is 7.97. The van der Waals surface area contributed by atoms with E-state index < -0.39 is 0 Å². The number of nitrogens with one attached hydrogen (secondary N) is 1. The zero-order valence-corrected chi connectivity index (χ0v) is 9.57. The number of rotatable bonds is 3. The number of aryl methyl sites for hydroxylation is 1. The van der Waals surface area contributed by atoms with Crippen molar-refractivity contribution in [2.45, 2.75) is 6.92 Å². The van der Waals surface area contributed by atoms with E-state index in [0.29, 0.717) is 11.3 Å². The number of aromatic nitrogens is 2. The van der Waals surface area contributed by atoms with Crippen LogP contribution in [0, 0.1) is 6.92 Å². The number of para-hydroxylation sites is 1. The van der Waals surface area contributed by atoms with Gasteiger partial charge in [0.1, 0.15) is 5.75 Å². The van der Waals surface area contributed by atoms with Gasteiger partial charge in [-0.15, -0.1) is 0 Å². The molecule has 0 atom stereocenters. The summed E-state index contributed by atoms with van der Waals surface area (Å²) in [5.41, 5.74) is 3.91. The van der Waals surface area contributed by atoms with Crippen molar-refractivity contribution in [3.05, 3.63) is 36.0 Å². The molecule has 2 aromatic rings. The van der Waals surface area contributed by atoms with E-state index >= 15 is 0 Å². The lowest BCUT2D eigenvalue weighted by atomic mass is 10.1. The first-order valence-corrected chi connectivity index (χ1v) is 5.14. The molecule has 0 aliphatic heterocycles. The highest BCUT2D eigenvalue weighted by molar-refractivity contribution is 5.69. The molecule has 0 aliphatic rings. The van der Waals surface area contributed by atoms with E-state index in [2.05, 4.69) is 15.4 Å². The Morgan fingerprint density at radius 1 is 1.22 bits per heavy atom. The number of hydrogen-bond donors (Lipinski definition) is 4. The summed E-state index contributed by atoms with van der Waals surface area (Å²) < 4.78 is 0. The normalized spacial score (nSPS) is 10.7. The SMILES string of the molecule is Cc1cnc(NN(O)O)nc1-c1ccccc1O. The van der Waals surface area contributed by atoms with Gasteiger partial charge in [0, 0.05) is 17.1 Å². The lowest BCUT2D eigenvalue weighted by Gasteiger charge is -2.11. The van der Waals surface area contributed by atoms with Gasteiger partial charge in [0.25, 0.3) is 0 Å². The summed E-state index contributed by atoms with van der Waals surface area (Å²) in [5.74, 6) is 0.0963. The molecule has 0 amide bonds. The minimum absolute atomic E-state index is 0.00357. The summed E-state index contributed by atoms with van der Waals surface area (Å²) in [7, 11) is 0. The van der Waals surface area contributed by atoms with Crippen LogP contribution in [0.15, 0.2) is 30.5 Å². The number of benzene rings is 1. The molecule has 4 N–H and O–H groups in total. The van der Waals surface area contributed by atoms with Crippen LogP contribution in [0.1, 0.15) is 5.56 Å². The van der Waals surface area contributed by atoms with E-state index in [4.69, 9.17) is 10.4 Å². The van der Waals surface area contributed by atoms with Crippen LogP contribution >= 0.6 is 0 Å². The van der Waals surface area contributed by atoms with Gasteiger partial charge in [0.15, 0.2) is 0 Å². The fourth-order valence-electron chi connectivity index (χ4n) is 1.53. The van der Waals surface area contributed by atoms with Crippen molar-refractivity contribution in [1.29, 1.82) is 0 Å². The summed E-state index contributed by atoms with van der Waals surface area (Å²) in [6.45, 7) is 1.79. The van der Waals surface area contributed by atoms with Crippen molar-refractivity contribution in [3.63, 3.8) is 0 Å². The van der Waals surface area contributed by atoms with E-state index in [0.717, 1.165) is 5.56 Å². The molecule has 1 aromatic heterocycles. The average molecular weight is 248 g/mol. The zero-order valence-electron chi connectivity index (χ0n) is 9.57. The van der Waals surface area contributed by atoms with Crippen molar-refractivity contribution < 1.29 is 15.5 Å². The number of anilines is 1. The summed E-state index contributed by atoms with van der Waals surface area (Å²) in [6, 6.07) is 6.74. The summed E-state index contributed by atoms with van der Waals surface area (Å²) in [5, 5.41) is 26.8. The highest BCUT2D eigenvalue weighted by Crippen LogP contribution is 2.29. The van der Waals surface area contributed by atoms with E-state index in [1.54, 1.807) is 31.2 Å². The first-order valence-electron chi connectivity index (χ1n) is 5.14. The molecular formula is C11H12N4O3. The van der Waals surface area contributed by atoms with Crippen LogP contribution in [0.2, 0.25) is 0 Å². The van der Waals surface area contributed by atoms with Gasteiger partial charge < -0.3 is 5.11 Å². The first-order chi connectivity index (χ1) is 8.58. The van der Waals surface area contributed by atoms with Crippen molar-refractivity contribution in [2.24, 2.45) is 0 Å². The first kappa shape index (κ1) is 12.2. The third kappa shape index (κ3) is 2.54. The minimum atomic E-state index is -0.237. The second-order valence-corrected chi connectivity index (χ2v) is 3.64. The Morgan fingerprint density at radius 3 is 2.61 bits per heavy atom. The van der Waals surface area contributed by atoms with Gasteiger partial charge in [-0.3, -0.25) is 10.4 Å². The molecule has 18 heavy (non-hydrogen) atoms. The monoisotopic (exact) mass is 248 g/mol. The maximum Gasteiger partial charge on any atom is 0.241 e. The molecule has 1 aromatic carbocycles. The van der Waals surface area contributed by atoms with E-state index in [1.807, 2.05) is 0 Å². The van der Waals surface area contributed by atoms with Crippen molar-refractivity contribution in [2.75, 3.05) is 5.43 Å². The standard InChI is InChI=1S/C11H12N4O3/c1-7-6-12-11(14-15(17)18)13-10(7)8-4-2-3-5-9(8)16/h2-6,16-18H,1H3,(H,12,13,14). The average Bonchev–Trinajstić information content (AvgIpc) is 2.32. The Balaban J connectivity index is 2.47. The van der Waals surface area contributed by atoms with Crippen LogP contribution in [0.5, 0.6) is 5.75 Å². The van der Waals surface area contributed by atoms with Gasteiger partial charge in [-0.25, -0.2) is 15.4 Å². The quantitative estimate of drug-likeness (QED) is 0.611. The number of phenolic OH excluding ortho intramolecular Hbond substituents is 1. The van der Waals surface area contributed by atoms with E-state index in [-0.39, 0.29) is 17.0 Å². The molecule has 0 fully saturated rings. The smallest absolute Gasteiger partial charge is 0.241 e. The molecule has 2 rings (SSSR count). The molecule has 94 valence electrons. The number of hydrogen-bond acceptors (Lipinski definition) is 7. The van der Waals surface area contributed by atoms with Gasteiger partial charge in [-0.05, 0) is 24.6 Å². The lowest BCUT2D eigenvalue weighted by Crippen LogP contribution is -2.23. The largest absolute Gasteiger partial charge is 0.507 e. The molecule has 7 nitrogen and oxygen atoms in total. The molecule has 7 heteroatoms. The number of hydrazine groups is 1. The molecule has 0 saturated carbocycles. The van der Waals surface area contributed by atoms with Crippen LogP contribution in [-0.2, 0) is 0 Å². The second-order valence-electron chi connectivity index (χ2n) is 3.64. The molecule has 1 heterocycles. The maximum atomic E-state index is 9.77. The van der Waals surface area contributed by atoms with Gasteiger partial charge in [0.2, 0.25) is 5.95 Å². The molecule has 0 unspecified atom stereocenters. The van der Waals surface area contributed by atoms with Gasteiger partial charge >= 0.3 is 0 Å². The molecule has 0 spiro atoms. The predicted molar refractivity (Wildman–Crippen MR) is 62.9 cm³/mol. The maximum absolute atomic E-state index is 9.77. The Morgan fingerprint density at radius 2 is 1.94 bits per heavy atom. The van der Waals surface area contributed by atoms with Gasteiger partial charge in [-0.1, -0.05) is 12.1 Å². The fraction of sp³-hybridized carbons (Fsp3) is 0.0909. The Hall–Kier alpha value is -2.22. The second kappa shape index (κ2) is 4.96. The van der Waals surface area contributed by atoms with Crippen molar-refractivity contribution >= 4 is 5.95 Å². The van der Waals surface area contributed by atoms with Crippen LogP contribution in [0.4, 0.5) is 5.95 Å². The minimum Gasteiger partial charge on any atom is -0.507 e. The molecule has 0 bridgehead atoms. The van der Waals surface area contributed by atoms with Crippen LogP contribution < -0.4 is 5.43 Å². The van der Waals surface area contributed by atoms with E-state index in [1.165, 1.54) is 6.20 Å². The molecule has 0 radical (unpaired) electrons. The van der Waals surface area contributed by atoms with Gasteiger partial charge in [0.05, 0.1) is 5.69 Å². The van der Waals surface area contributed by atoms with Crippen molar-refractivity contribution in [3.8, 4) is 17.0 Å². The molecule has 0 aliphatic carbocycles.